The van der Waals surface area contributed by atoms with Crippen molar-refractivity contribution in [1.29, 1.82) is 0 Å². The van der Waals surface area contributed by atoms with Gasteiger partial charge >= 0.3 is 0 Å². The predicted octanol–water partition coefficient (Wildman–Crippen LogP) is 2.57. The van der Waals surface area contributed by atoms with Gasteiger partial charge in [0.1, 0.15) is 10.8 Å². The van der Waals surface area contributed by atoms with Crippen molar-refractivity contribution in [2.45, 2.75) is 31.7 Å². The molecule has 6 heteroatoms. The summed E-state index contributed by atoms with van der Waals surface area (Å²) >= 11 is 11.6. The van der Waals surface area contributed by atoms with Crippen molar-refractivity contribution in [3.8, 4) is 0 Å². The minimum absolute atomic E-state index is 0.150. The van der Waals surface area contributed by atoms with Crippen molar-refractivity contribution in [1.82, 2.24) is 10.3 Å². The van der Waals surface area contributed by atoms with Gasteiger partial charge in [-0.3, -0.25) is 4.79 Å². The van der Waals surface area contributed by atoms with E-state index in [0.717, 1.165) is 19.3 Å². The summed E-state index contributed by atoms with van der Waals surface area (Å²) in [6.45, 7) is 0.608. The van der Waals surface area contributed by atoms with Crippen LogP contribution in [0, 0.1) is 5.92 Å². The first kappa shape index (κ1) is 13.7. The van der Waals surface area contributed by atoms with Crippen LogP contribution in [0.4, 0.5) is 0 Å². The van der Waals surface area contributed by atoms with E-state index in [-0.39, 0.29) is 11.9 Å². The monoisotopic (exact) mass is 289 g/mol. The third kappa shape index (κ3) is 2.99. The lowest BCUT2D eigenvalue weighted by molar-refractivity contribution is 0.0903. The average molecular weight is 290 g/mol. The summed E-state index contributed by atoms with van der Waals surface area (Å²) in [4.78, 5) is 14.8. The van der Waals surface area contributed by atoms with Crippen LogP contribution in [0.5, 0.6) is 0 Å². The number of nitrogens with two attached hydrogens (primary N) is 1. The minimum Gasteiger partial charge on any atom is -0.348 e. The van der Waals surface area contributed by atoms with Gasteiger partial charge in [-0.05, 0) is 31.4 Å². The first-order valence-corrected chi connectivity index (χ1v) is 6.92. The number of rotatable bonds is 3. The molecule has 1 amide bonds. The molecule has 0 bridgehead atoms. The van der Waals surface area contributed by atoms with Gasteiger partial charge < -0.3 is 16.0 Å². The lowest BCUT2D eigenvalue weighted by Crippen LogP contribution is -2.44. The molecule has 1 aliphatic rings. The Kier molecular flexibility index (Phi) is 4.54. The van der Waals surface area contributed by atoms with Gasteiger partial charge in [-0.2, -0.15) is 0 Å². The molecule has 1 aliphatic carbocycles. The fourth-order valence-corrected chi connectivity index (χ4v) is 2.77. The first-order valence-electron chi connectivity index (χ1n) is 6.16. The molecule has 1 fully saturated rings. The fourth-order valence-electron chi connectivity index (χ4n) is 2.45. The van der Waals surface area contributed by atoms with Crippen LogP contribution in [0.3, 0.4) is 0 Å². The van der Waals surface area contributed by atoms with E-state index in [9.17, 15) is 4.79 Å². The summed E-state index contributed by atoms with van der Waals surface area (Å²) in [5.74, 6) is 0.192. The van der Waals surface area contributed by atoms with E-state index in [0.29, 0.717) is 28.3 Å². The van der Waals surface area contributed by atoms with Gasteiger partial charge in [0.05, 0.1) is 5.02 Å². The maximum atomic E-state index is 12.0. The molecule has 0 radical (unpaired) electrons. The highest BCUT2D eigenvalue weighted by Gasteiger charge is 2.26. The van der Waals surface area contributed by atoms with Crippen LogP contribution >= 0.6 is 23.2 Å². The second-order valence-corrected chi connectivity index (χ2v) is 5.49. The topological polar surface area (TPSA) is 70.9 Å². The number of hydrogen-bond donors (Lipinski definition) is 3. The number of carbonyl (C=O) groups excluding carboxylic acids is 1. The quantitative estimate of drug-likeness (QED) is 0.800. The Morgan fingerprint density at radius 3 is 2.78 bits per heavy atom. The van der Waals surface area contributed by atoms with Crippen LogP contribution in [0.2, 0.25) is 10.2 Å². The van der Waals surface area contributed by atoms with Crippen molar-refractivity contribution >= 4 is 29.1 Å². The van der Waals surface area contributed by atoms with Crippen LogP contribution in [0.25, 0.3) is 0 Å². The molecule has 0 spiro atoms. The largest absolute Gasteiger partial charge is 0.348 e. The van der Waals surface area contributed by atoms with Crippen LogP contribution in [-0.4, -0.2) is 23.5 Å². The Morgan fingerprint density at radius 2 is 2.17 bits per heavy atom. The lowest BCUT2D eigenvalue weighted by atomic mass is 9.84. The van der Waals surface area contributed by atoms with Crippen LogP contribution in [-0.2, 0) is 0 Å². The zero-order valence-corrected chi connectivity index (χ0v) is 11.5. The van der Waals surface area contributed by atoms with Gasteiger partial charge in [0, 0.05) is 6.04 Å². The number of hydrogen-bond acceptors (Lipinski definition) is 2. The number of H-pyrrole nitrogens is 1. The molecule has 4 N–H and O–H groups in total. The molecule has 2 unspecified atom stereocenters. The van der Waals surface area contributed by atoms with Crippen molar-refractivity contribution < 1.29 is 4.79 Å². The molecule has 1 heterocycles. The molecule has 2 rings (SSSR count). The molecule has 0 saturated heterocycles. The summed E-state index contributed by atoms with van der Waals surface area (Å²) < 4.78 is 0. The number of amides is 1. The van der Waals surface area contributed by atoms with Crippen molar-refractivity contribution in [2.24, 2.45) is 11.7 Å². The molecule has 0 aromatic carbocycles. The summed E-state index contributed by atoms with van der Waals surface area (Å²) in [7, 11) is 0. The second-order valence-electron chi connectivity index (χ2n) is 4.71. The van der Waals surface area contributed by atoms with Gasteiger partial charge in [-0.25, -0.2) is 0 Å². The Morgan fingerprint density at radius 1 is 1.44 bits per heavy atom. The maximum Gasteiger partial charge on any atom is 0.268 e. The zero-order valence-electron chi connectivity index (χ0n) is 10.0. The van der Waals surface area contributed by atoms with Crippen LogP contribution in [0.1, 0.15) is 36.2 Å². The molecule has 2 atom stereocenters. The van der Waals surface area contributed by atoms with Gasteiger partial charge in [-0.15, -0.1) is 0 Å². The highest BCUT2D eigenvalue weighted by molar-refractivity contribution is 6.41. The normalized spacial score (nSPS) is 23.9. The highest BCUT2D eigenvalue weighted by Crippen LogP contribution is 2.25. The number of nitrogens with one attached hydrogen (secondary N) is 2. The summed E-state index contributed by atoms with van der Waals surface area (Å²) in [6.07, 6.45) is 4.38. The fraction of sp³-hybridized carbons (Fsp3) is 0.583. The van der Waals surface area contributed by atoms with Crippen molar-refractivity contribution in [3.05, 3.63) is 21.9 Å². The summed E-state index contributed by atoms with van der Waals surface area (Å²) in [5.41, 5.74) is 6.13. The Bertz CT molecular complexity index is 413. The van der Waals surface area contributed by atoms with E-state index in [4.69, 9.17) is 28.9 Å². The summed E-state index contributed by atoms with van der Waals surface area (Å²) in [6, 6.07) is 1.69. The molecule has 1 saturated carbocycles. The Labute approximate surface area is 116 Å². The molecule has 18 heavy (non-hydrogen) atoms. The van der Waals surface area contributed by atoms with E-state index in [1.165, 1.54) is 6.42 Å². The van der Waals surface area contributed by atoms with E-state index in [1.54, 1.807) is 6.07 Å². The number of aromatic amines is 1. The van der Waals surface area contributed by atoms with E-state index in [2.05, 4.69) is 10.3 Å². The number of halogens is 2. The van der Waals surface area contributed by atoms with Crippen molar-refractivity contribution in [3.63, 3.8) is 0 Å². The third-order valence-corrected chi connectivity index (χ3v) is 4.19. The van der Waals surface area contributed by atoms with E-state index in [1.807, 2.05) is 0 Å². The van der Waals surface area contributed by atoms with E-state index >= 15 is 0 Å². The first-order chi connectivity index (χ1) is 8.61. The molecule has 1 aromatic heterocycles. The Balaban J connectivity index is 2.01. The smallest absolute Gasteiger partial charge is 0.268 e. The lowest BCUT2D eigenvalue weighted by Gasteiger charge is -2.31. The maximum absolute atomic E-state index is 12.0. The van der Waals surface area contributed by atoms with Crippen molar-refractivity contribution in [2.75, 3.05) is 6.54 Å². The van der Waals surface area contributed by atoms with Crippen LogP contribution < -0.4 is 11.1 Å². The number of carbonyl (C=O) groups is 1. The van der Waals surface area contributed by atoms with Gasteiger partial charge in [0.15, 0.2) is 0 Å². The Hall–Kier alpha value is -0.710. The standard InChI is InChI=1S/C12H17Cl2N3O/c13-8-5-10(16-11(8)14)12(18)17-9-4-2-1-3-7(9)6-15/h5,7,9,16H,1-4,6,15H2,(H,17,18). The molecule has 1 aromatic rings. The van der Waals surface area contributed by atoms with Gasteiger partial charge in [-0.1, -0.05) is 36.0 Å². The van der Waals surface area contributed by atoms with Gasteiger partial charge in [0.25, 0.3) is 5.91 Å². The van der Waals surface area contributed by atoms with Crippen LogP contribution in [0.15, 0.2) is 6.07 Å². The summed E-state index contributed by atoms with van der Waals surface area (Å²) in [5, 5.41) is 3.66. The third-order valence-electron chi connectivity index (χ3n) is 3.50. The molecule has 4 nitrogen and oxygen atoms in total. The van der Waals surface area contributed by atoms with Gasteiger partial charge in [0.2, 0.25) is 0 Å². The molecular formula is C12H17Cl2N3O. The SMILES string of the molecule is NCC1CCCCC1NC(=O)c1cc(Cl)c(Cl)[nH]1. The average Bonchev–Trinajstić information content (AvgIpc) is 2.70. The van der Waals surface area contributed by atoms with E-state index < -0.39 is 0 Å². The zero-order chi connectivity index (χ0) is 13.1. The second kappa shape index (κ2) is 5.95. The highest BCUT2D eigenvalue weighted by atomic mass is 35.5. The minimum atomic E-state index is -0.172. The molecular weight excluding hydrogens is 273 g/mol. The molecule has 0 aliphatic heterocycles. The predicted molar refractivity (Wildman–Crippen MR) is 73.1 cm³/mol. The molecule has 100 valence electrons. The number of aromatic nitrogens is 1.